The molecule has 13 heteroatoms. The molecule has 0 saturated carbocycles. The number of ether oxygens (including phenoxy) is 1. The molecule has 1 amide bonds. The van der Waals surface area contributed by atoms with Gasteiger partial charge in [0.25, 0.3) is 5.56 Å². The fourth-order valence-electron chi connectivity index (χ4n) is 4.63. The van der Waals surface area contributed by atoms with Crippen molar-refractivity contribution in [3.8, 4) is 6.07 Å². The molecule has 4 heterocycles. The normalized spacial score (nSPS) is 18.4. The van der Waals surface area contributed by atoms with Crippen molar-refractivity contribution in [2.75, 3.05) is 55.7 Å². The lowest BCUT2D eigenvalue weighted by Crippen LogP contribution is -2.50. The topological polar surface area (TPSA) is 118 Å². The summed E-state index contributed by atoms with van der Waals surface area (Å²) in [5.74, 6) is 0.603. The molecule has 2 fully saturated rings. The van der Waals surface area contributed by atoms with Crippen LogP contribution in [0.5, 0.6) is 0 Å². The number of carbonyl (C=O) groups excluding carboxylic acids is 1. The maximum absolute atomic E-state index is 13.5. The van der Waals surface area contributed by atoms with Gasteiger partial charge in [-0.05, 0) is 31.4 Å². The van der Waals surface area contributed by atoms with Crippen LogP contribution in [0, 0.1) is 11.3 Å². The third-order valence-electron chi connectivity index (χ3n) is 6.46. The first-order valence-electron chi connectivity index (χ1n) is 11.7. The molecule has 2 aromatic heterocycles. The molecule has 0 spiro atoms. The molecule has 0 aromatic carbocycles. The van der Waals surface area contributed by atoms with Gasteiger partial charge in [-0.15, -0.1) is 0 Å². The molecule has 2 aliphatic rings. The third kappa shape index (κ3) is 5.76. The molecule has 1 N–H and O–H groups in total. The van der Waals surface area contributed by atoms with E-state index in [1.807, 2.05) is 16.1 Å². The zero-order chi connectivity index (χ0) is 25.7. The van der Waals surface area contributed by atoms with Crippen molar-refractivity contribution in [1.29, 1.82) is 5.26 Å². The summed E-state index contributed by atoms with van der Waals surface area (Å²) in [7, 11) is 0. The van der Waals surface area contributed by atoms with E-state index in [0.29, 0.717) is 57.5 Å². The Hall–Kier alpha value is -3.66. The SMILES string of the molecule is N#Cc1ccc(N2CCN(C(=O)COCC[C@@H]3CCCN3c3cn[nH]c(=O)c3C(F)(F)F)CC2)nc1. The number of amides is 1. The quantitative estimate of drug-likeness (QED) is 0.566. The van der Waals surface area contributed by atoms with Gasteiger partial charge < -0.3 is 19.4 Å². The van der Waals surface area contributed by atoms with Crippen LogP contribution in [0.2, 0.25) is 0 Å². The van der Waals surface area contributed by atoms with Gasteiger partial charge in [-0.2, -0.15) is 23.5 Å². The maximum Gasteiger partial charge on any atom is 0.423 e. The number of nitrogens with one attached hydrogen (secondary N) is 1. The molecule has 192 valence electrons. The predicted octanol–water partition coefficient (Wildman–Crippen LogP) is 1.78. The number of hydrogen-bond donors (Lipinski definition) is 1. The standard InChI is InChI=1S/C23H26F3N7O3/c24-23(25,26)21-18(14-29-30-22(21)35)33-6-1-2-17(33)5-11-36-15-20(34)32-9-7-31(8-10-32)19-4-3-16(12-27)13-28-19/h3-4,13-14,17H,1-2,5-11,15H2,(H,30,35)/t17-/m0/s1. The molecule has 4 rings (SSSR count). The molecule has 0 radical (unpaired) electrons. The van der Waals surface area contributed by atoms with Crippen LogP contribution in [0.4, 0.5) is 24.7 Å². The van der Waals surface area contributed by atoms with Crippen LogP contribution in [0.1, 0.15) is 30.4 Å². The van der Waals surface area contributed by atoms with Gasteiger partial charge in [0.05, 0.1) is 17.4 Å². The minimum absolute atomic E-state index is 0.109. The molecule has 0 aliphatic carbocycles. The Morgan fingerprint density at radius 2 is 1.97 bits per heavy atom. The van der Waals surface area contributed by atoms with Gasteiger partial charge in [-0.1, -0.05) is 0 Å². The van der Waals surface area contributed by atoms with E-state index in [4.69, 9.17) is 10.00 Å². The van der Waals surface area contributed by atoms with E-state index < -0.39 is 17.3 Å². The molecule has 36 heavy (non-hydrogen) atoms. The monoisotopic (exact) mass is 505 g/mol. The average molecular weight is 506 g/mol. The number of anilines is 2. The van der Waals surface area contributed by atoms with Crippen molar-refractivity contribution in [3.05, 3.63) is 46.0 Å². The third-order valence-corrected chi connectivity index (χ3v) is 6.46. The van der Waals surface area contributed by atoms with E-state index in [1.54, 1.807) is 21.9 Å². The summed E-state index contributed by atoms with van der Waals surface area (Å²) in [5.41, 5.74) is -2.24. The number of piperazine rings is 1. The zero-order valence-corrected chi connectivity index (χ0v) is 19.5. The van der Waals surface area contributed by atoms with Gasteiger partial charge in [-0.25, -0.2) is 10.1 Å². The Kier molecular flexibility index (Phi) is 7.73. The number of alkyl halides is 3. The van der Waals surface area contributed by atoms with E-state index >= 15 is 0 Å². The minimum Gasteiger partial charge on any atom is -0.372 e. The zero-order valence-electron chi connectivity index (χ0n) is 19.5. The first-order chi connectivity index (χ1) is 17.3. The molecule has 2 aliphatic heterocycles. The van der Waals surface area contributed by atoms with Crippen LogP contribution < -0.4 is 15.4 Å². The number of halogens is 3. The lowest BCUT2D eigenvalue weighted by molar-refractivity contribution is -0.138. The number of carbonyl (C=O) groups is 1. The Morgan fingerprint density at radius 3 is 2.64 bits per heavy atom. The summed E-state index contributed by atoms with van der Waals surface area (Å²) in [5, 5.41) is 14.3. The van der Waals surface area contributed by atoms with Gasteiger partial charge in [0.2, 0.25) is 5.91 Å². The number of aromatic nitrogens is 3. The molecule has 0 unspecified atom stereocenters. The second-order valence-electron chi connectivity index (χ2n) is 8.67. The molecular weight excluding hydrogens is 479 g/mol. The highest BCUT2D eigenvalue weighted by atomic mass is 19.4. The predicted molar refractivity (Wildman–Crippen MR) is 123 cm³/mol. The highest BCUT2D eigenvalue weighted by Crippen LogP contribution is 2.36. The molecular formula is C23H26F3N7O3. The van der Waals surface area contributed by atoms with Crippen LogP contribution in [0.3, 0.4) is 0 Å². The van der Waals surface area contributed by atoms with Gasteiger partial charge in [0.15, 0.2) is 0 Å². The van der Waals surface area contributed by atoms with Crippen molar-refractivity contribution in [2.45, 2.75) is 31.5 Å². The fraction of sp³-hybridized carbons (Fsp3) is 0.522. The van der Waals surface area contributed by atoms with E-state index in [1.165, 1.54) is 6.20 Å². The highest BCUT2D eigenvalue weighted by Gasteiger charge is 2.40. The number of pyridine rings is 1. The second-order valence-corrected chi connectivity index (χ2v) is 8.67. The first-order valence-corrected chi connectivity index (χ1v) is 11.7. The van der Waals surface area contributed by atoms with Crippen molar-refractivity contribution in [2.24, 2.45) is 0 Å². The van der Waals surface area contributed by atoms with Crippen molar-refractivity contribution in [1.82, 2.24) is 20.1 Å². The summed E-state index contributed by atoms with van der Waals surface area (Å²) in [4.78, 5) is 34.0. The molecule has 2 saturated heterocycles. The van der Waals surface area contributed by atoms with Crippen LogP contribution in [0.25, 0.3) is 0 Å². The van der Waals surface area contributed by atoms with Gasteiger partial charge in [0.1, 0.15) is 24.1 Å². The minimum atomic E-state index is -4.79. The Balaban J connectivity index is 1.24. The van der Waals surface area contributed by atoms with E-state index in [2.05, 4.69) is 10.1 Å². The fourth-order valence-corrected chi connectivity index (χ4v) is 4.63. The number of nitrogens with zero attached hydrogens (tertiary/aromatic N) is 6. The summed E-state index contributed by atoms with van der Waals surface area (Å²) in [6.07, 6.45) is -0.459. The molecule has 10 nitrogen and oxygen atoms in total. The Bertz CT molecular complexity index is 1160. The van der Waals surface area contributed by atoms with Gasteiger partial charge in [0, 0.05) is 51.6 Å². The van der Waals surface area contributed by atoms with Crippen molar-refractivity contribution in [3.63, 3.8) is 0 Å². The second kappa shape index (κ2) is 10.9. The molecule has 0 bridgehead atoms. The number of nitriles is 1. The maximum atomic E-state index is 13.5. The average Bonchev–Trinajstić information content (AvgIpc) is 3.34. The highest BCUT2D eigenvalue weighted by molar-refractivity contribution is 5.77. The van der Waals surface area contributed by atoms with Crippen molar-refractivity contribution >= 4 is 17.4 Å². The lowest BCUT2D eigenvalue weighted by atomic mass is 10.1. The van der Waals surface area contributed by atoms with E-state index in [9.17, 15) is 22.8 Å². The van der Waals surface area contributed by atoms with Crippen LogP contribution in [0.15, 0.2) is 29.3 Å². The summed E-state index contributed by atoms with van der Waals surface area (Å²) >= 11 is 0. The number of hydrogen-bond acceptors (Lipinski definition) is 8. The van der Waals surface area contributed by atoms with E-state index in [0.717, 1.165) is 12.0 Å². The van der Waals surface area contributed by atoms with Gasteiger partial charge >= 0.3 is 6.18 Å². The van der Waals surface area contributed by atoms with Crippen molar-refractivity contribution < 1.29 is 22.7 Å². The van der Waals surface area contributed by atoms with Crippen LogP contribution in [-0.2, 0) is 15.7 Å². The Morgan fingerprint density at radius 1 is 1.19 bits per heavy atom. The molecule has 2 aromatic rings. The van der Waals surface area contributed by atoms with Crippen LogP contribution >= 0.6 is 0 Å². The summed E-state index contributed by atoms with van der Waals surface area (Å²) in [6.45, 7) is 2.71. The summed E-state index contributed by atoms with van der Waals surface area (Å²) < 4.78 is 45.9. The Labute approximate surface area is 205 Å². The first kappa shape index (κ1) is 25.4. The number of aromatic amines is 1. The van der Waals surface area contributed by atoms with Crippen LogP contribution in [-0.4, -0.2) is 78.0 Å². The summed E-state index contributed by atoms with van der Waals surface area (Å²) in [6, 6.07) is 5.27. The molecule has 1 atom stereocenters. The largest absolute Gasteiger partial charge is 0.423 e. The van der Waals surface area contributed by atoms with E-state index in [-0.39, 0.29) is 30.9 Å². The lowest BCUT2D eigenvalue weighted by Gasteiger charge is -2.35. The smallest absolute Gasteiger partial charge is 0.372 e. The number of H-pyrrole nitrogens is 1. The van der Waals surface area contributed by atoms with Gasteiger partial charge in [-0.3, -0.25) is 9.59 Å². The number of rotatable bonds is 7.